The van der Waals surface area contributed by atoms with Crippen LogP contribution in [0.1, 0.15) is 5.56 Å². The summed E-state index contributed by atoms with van der Waals surface area (Å²) in [6.45, 7) is 0. The first-order valence-corrected chi connectivity index (χ1v) is 9.11. The lowest BCUT2D eigenvalue weighted by Crippen LogP contribution is -2.19. The van der Waals surface area contributed by atoms with Crippen LogP contribution in [0.5, 0.6) is 11.5 Å². The lowest BCUT2D eigenvalue weighted by Gasteiger charge is -2.11. The number of nitrogens with one attached hydrogen (secondary N) is 1. The summed E-state index contributed by atoms with van der Waals surface area (Å²) in [5.74, 6) is 1.09. The molecule has 1 fully saturated rings. The third-order valence-corrected chi connectivity index (χ3v) is 4.88. The van der Waals surface area contributed by atoms with Gasteiger partial charge in [0.15, 0.2) is 5.17 Å². The Morgan fingerprint density at radius 3 is 2.44 bits per heavy atom. The minimum absolute atomic E-state index is 0.164. The largest absolute Gasteiger partial charge is 0.497 e. The second-order valence-electron chi connectivity index (χ2n) is 6.01. The zero-order valence-corrected chi connectivity index (χ0v) is 16.5. The summed E-state index contributed by atoms with van der Waals surface area (Å²) < 4.78 is 10.5. The number of benzene rings is 2. The van der Waals surface area contributed by atoms with Crippen molar-refractivity contribution in [2.24, 2.45) is 4.99 Å². The summed E-state index contributed by atoms with van der Waals surface area (Å²) in [4.78, 5) is 19.4. The minimum atomic E-state index is -0.164. The molecule has 27 heavy (non-hydrogen) atoms. The van der Waals surface area contributed by atoms with E-state index in [0.717, 1.165) is 11.3 Å². The van der Waals surface area contributed by atoms with Crippen LogP contribution in [0.2, 0.25) is 0 Å². The van der Waals surface area contributed by atoms with Gasteiger partial charge in [0, 0.05) is 25.8 Å². The van der Waals surface area contributed by atoms with E-state index in [1.807, 2.05) is 49.3 Å². The molecule has 1 N–H and O–H groups in total. The molecule has 140 valence electrons. The van der Waals surface area contributed by atoms with Gasteiger partial charge in [-0.2, -0.15) is 0 Å². The molecule has 1 saturated heterocycles. The van der Waals surface area contributed by atoms with Crippen molar-refractivity contribution in [3.05, 3.63) is 52.9 Å². The van der Waals surface area contributed by atoms with Crippen molar-refractivity contribution < 1.29 is 14.3 Å². The van der Waals surface area contributed by atoms with Crippen LogP contribution in [0.3, 0.4) is 0 Å². The molecule has 2 aromatic carbocycles. The number of amides is 1. The smallest absolute Gasteiger partial charge is 0.264 e. The van der Waals surface area contributed by atoms with E-state index in [9.17, 15) is 4.79 Å². The number of nitrogens with zero attached hydrogens (tertiary/aromatic N) is 2. The predicted octanol–water partition coefficient (Wildman–Crippen LogP) is 3.66. The van der Waals surface area contributed by atoms with Gasteiger partial charge in [0.25, 0.3) is 5.91 Å². The van der Waals surface area contributed by atoms with E-state index in [0.29, 0.717) is 27.3 Å². The molecule has 0 bridgehead atoms. The Bertz CT molecular complexity index is 905. The molecule has 0 saturated carbocycles. The maximum Gasteiger partial charge on any atom is 0.264 e. The molecule has 0 unspecified atom stereocenters. The quantitative estimate of drug-likeness (QED) is 0.799. The highest BCUT2D eigenvalue weighted by Gasteiger charge is 2.24. The fourth-order valence-electron chi connectivity index (χ4n) is 2.49. The SMILES string of the molecule is COc1ccc(N=C2NC(=O)/C(=C/c3ccc(N(C)C)cc3)S2)c(OC)c1. The van der Waals surface area contributed by atoms with Crippen LogP contribution in [-0.2, 0) is 4.79 Å². The standard InChI is InChI=1S/C20H21N3O3S/c1-23(2)14-7-5-13(6-8-14)11-18-19(24)22-20(27-18)21-16-10-9-15(25-3)12-17(16)26-4/h5-12H,1-4H3,(H,21,22,24)/b18-11-. The number of thioether (sulfide) groups is 1. The summed E-state index contributed by atoms with van der Waals surface area (Å²) >= 11 is 1.30. The summed E-state index contributed by atoms with van der Waals surface area (Å²) in [5.41, 5.74) is 2.69. The third kappa shape index (κ3) is 4.43. The number of aliphatic imine (C=N–C) groups is 1. The molecule has 0 aliphatic carbocycles. The Morgan fingerprint density at radius 2 is 1.81 bits per heavy atom. The van der Waals surface area contributed by atoms with E-state index >= 15 is 0 Å². The number of ether oxygens (including phenoxy) is 2. The van der Waals surface area contributed by atoms with Crippen molar-refractivity contribution in [2.75, 3.05) is 33.2 Å². The van der Waals surface area contributed by atoms with Crippen molar-refractivity contribution >= 4 is 40.3 Å². The number of methoxy groups -OCH3 is 2. The number of carbonyl (C=O) groups is 1. The summed E-state index contributed by atoms with van der Waals surface area (Å²) in [7, 11) is 7.14. The molecule has 0 aromatic heterocycles. The normalized spacial score (nSPS) is 16.5. The molecule has 1 aliphatic heterocycles. The van der Waals surface area contributed by atoms with Crippen LogP contribution in [0.25, 0.3) is 6.08 Å². The van der Waals surface area contributed by atoms with Crippen molar-refractivity contribution in [3.8, 4) is 11.5 Å². The third-order valence-electron chi connectivity index (χ3n) is 3.97. The van der Waals surface area contributed by atoms with Gasteiger partial charge in [-0.1, -0.05) is 12.1 Å². The molecule has 0 radical (unpaired) electrons. The van der Waals surface area contributed by atoms with E-state index in [4.69, 9.17) is 9.47 Å². The van der Waals surface area contributed by atoms with Crippen LogP contribution in [0, 0.1) is 0 Å². The molecule has 0 atom stereocenters. The van der Waals surface area contributed by atoms with E-state index in [2.05, 4.69) is 10.3 Å². The fraction of sp³-hybridized carbons (Fsp3) is 0.200. The second kappa shape index (κ2) is 8.18. The molecule has 6 nitrogen and oxygen atoms in total. The van der Waals surface area contributed by atoms with Gasteiger partial charge in [0.05, 0.1) is 19.1 Å². The van der Waals surface area contributed by atoms with Crippen LogP contribution < -0.4 is 19.7 Å². The van der Waals surface area contributed by atoms with Gasteiger partial charge in [-0.05, 0) is 47.7 Å². The first-order valence-electron chi connectivity index (χ1n) is 8.29. The molecule has 0 spiro atoms. The summed E-state index contributed by atoms with van der Waals surface area (Å²) in [5, 5.41) is 3.31. The van der Waals surface area contributed by atoms with E-state index in [1.165, 1.54) is 11.8 Å². The molecule has 2 aromatic rings. The zero-order chi connectivity index (χ0) is 19.4. The molecule has 3 rings (SSSR count). The maximum atomic E-state index is 12.3. The van der Waals surface area contributed by atoms with E-state index in [-0.39, 0.29) is 5.91 Å². The monoisotopic (exact) mass is 383 g/mol. The summed E-state index contributed by atoms with van der Waals surface area (Å²) in [6.07, 6.45) is 1.85. The Morgan fingerprint density at radius 1 is 1.07 bits per heavy atom. The second-order valence-corrected chi connectivity index (χ2v) is 7.04. The Balaban J connectivity index is 1.81. The number of anilines is 1. The topological polar surface area (TPSA) is 63.2 Å². The first-order chi connectivity index (χ1) is 13.0. The van der Waals surface area contributed by atoms with Gasteiger partial charge >= 0.3 is 0 Å². The van der Waals surface area contributed by atoms with Gasteiger partial charge in [-0.25, -0.2) is 4.99 Å². The maximum absolute atomic E-state index is 12.3. The van der Waals surface area contributed by atoms with Crippen LogP contribution in [0.4, 0.5) is 11.4 Å². The fourth-order valence-corrected chi connectivity index (χ4v) is 3.32. The van der Waals surface area contributed by atoms with Crippen molar-refractivity contribution in [2.45, 2.75) is 0 Å². The Hall–Kier alpha value is -2.93. The molecule has 7 heteroatoms. The van der Waals surface area contributed by atoms with Crippen molar-refractivity contribution in [3.63, 3.8) is 0 Å². The minimum Gasteiger partial charge on any atom is -0.497 e. The first kappa shape index (κ1) is 18.8. The van der Waals surface area contributed by atoms with Crippen molar-refractivity contribution in [1.82, 2.24) is 5.32 Å². The number of amidine groups is 1. The van der Waals surface area contributed by atoms with Gasteiger partial charge in [0.1, 0.15) is 17.2 Å². The molecule has 1 amide bonds. The van der Waals surface area contributed by atoms with E-state index in [1.54, 1.807) is 32.4 Å². The van der Waals surface area contributed by atoms with Gasteiger partial charge in [-0.15, -0.1) is 0 Å². The van der Waals surface area contributed by atoms with Crippen LogP contribution >= 0.6 is 11.8 Å². The number of hydrogen-bond donors (Lipinski definition) is 1. The predicted molar refractivity (Wildman–Crippen MR) is 111 cm³/mol. The van der Waals surface area contributed by atoms with Crippen LogP contribution in [0.15, 0.2) is 52.4 Å². The zero-order valence-electron chi connectivity index (χ0n) is 15.6. The summed E-state index contributed by atoms with van der Waals surface area (Å²) in [6, 6.07) is 13.3. The lowest BCUT2D eigenvalue weighted by molar-refractivity contribution is -0.115. The highest BCUT2D eigenvalue weighted by Crippen LogP contribution is 2.34. The molecular weight excluding hydrogens is 362 g/mol. The number of rotatable bonds is 5. The molecular formula is C20H21N3O3S. The number of hydrogen-bond acceptors (Lipinski definition) is 6. The highest BCUT2D eigenvalue weighted by molar-refractivity contribution is 8.18. The Kier molecular flexibility index (Phi) is 5.71. The Labute approximate surface area is 162 Å². The molecule has 1 aliphatic rings. The average Bonchev–Trinajstić information content (AvgIpc) is 3.01. The van der Waals surface area contributed by atoms with Gasteiger partial charge in [0.2, 0.25) is 0 Å². The van der Waals surface area contributed by atoms with E-state index < -0.39 is 0 Å². The number of carbonyl (C=O) groups excluding carboxylic acids is 1. The van der Waals surface area contributed by atoms with Gasteiger partial charge in [-0.3, -0.25) is 4.79 Å². The lowest BCUT2D eigenvalue weighted by atomic mass is 10.2. The highest BCUT2D eigenvalue weighted by atomic mass is 32.2. The van der Waals surface area contributed by atoms with Crippen LogP contribution in [-0.4, -0.2) is 39.4 Å². The molecule has 1 heterocycles. The van der Waals surface area contributed by atoms with Gasteiger partial charge < -0.3 is 19.7 Å². The van der Waals surface area contributed by atoms with Crippen molar-refractivity contribution in [1.29, 1.82) is 0 Å². The average molecular weight is 383 g/mol.